The van der Waals surface area contributed by atoms with Crippen molar-refractivity contribution >= 4 is 11.6 Å². The molecule has 20 heavy (non-hydrogen) atoms. The maximum Gasteiger partial charge on any atom is 0.127 e. The fourth-order valence-electron chi connectivity index (χ4n) is 3.22. The molecule has 0 aromatic heterocycles. The molecule has 0 bridgehead atoms. The molecule has 0 heterocycles. The van der Waals surface area contributed by atoms with Gasteiger partial charge in [-0.25, -0.2) is 4.39 Å². The Hall–Kier alpha value is -0.640. The van der Waals surface area contributed by atoms with Gasteiger partial charge < -0.3 is 10.0 Å². The third-order valence-electron chi connectivity index (χ3n) is 4.27. The van der Waals surface area contributed by atoms with Gasteiger partial charge in [0.25, 0.3) is 0 Å². The van der Waals surface area contributed by atoms with Gasteiger partial charge in [0.1, 0.15) is 5.82 Å². The highest BCUT2D eigenvalue weighted by Crippen LogP contribution is 2.37. The summed E-state index contributed by atoms with van der Waals surface area (Å²) in [5.41, 5.74) is -0.250. The summed E-state index contributed by atoms with van der Waals surface area (Å²) in [6.45, 7) is 0.839. The van der Waals surface area contributed by atoms with Crippen LogP contribution < -0.4 is 0 Å². The van der Waals surface area contributed by atoms with Gasteiger partial charge in [-0.05, 0) is 44.6 Å². The van der Waals surface area contributed by atoms with E-state index in [0.29, 0.717) is 17.0 Å². The Morgan fingerprint density at radius 2 is 2.15 bits per heavy atom. The highest BCUT2D eigenvalue weighted by atomic mass is 35.5. The van der Waals surface area contributed by atoms with Crippen LogP contribution in [-0.2, 0) is 6.42 Å². The number of aliphatic hydroxyl groups is 1. The van der Waals surface area contributed by atoms with Crippen LogP contribution in [0.15, 0.2) is 18.2 Å². The molecule has 112 valence electrons. The molecule has 0 spiro atoms. The predicted molar refractivity (Wildman–Crippen MR) is 80.6 cm³/mol. The van der Waals surface area contributed by atoms with Crippen molar-refractivity contribution in [2.45, 2.75) is 37.7 Å². The van der Waals surface area contributed by atoms with Crippen molar-refractivity contribution in [1.29, 1.82) is 0 Å². The molecule has 2 nitrogen and oxygen atoms in total. The molecule has 1 saturated carbocycles. The number of rotatable bonds is 4. The Labute approximate surface area is 125 Å². The van der Waals surface area contributed by atoms with Gasteiger partial charge in [-0.15, -0.1) is 0 Å². The van der Waals surface area contributed by atoms with Crippen LogP contribution in [0.25, 0.3) is 0 Å². The minimum Gasteiger partial charge on any atom is -0.389 e. The van der Waals surface area contributed by atoms with Crippen molar-refractivity contribution < 1.29 is 9.50 Å². The summed E-state index contributed by atoms with van der Waals surface area (Å²) in [6, 6.07) is 4.70. The van der Waals surface area contributed by atoms with Gasteiger partial charge in [0, 0.05) is 23.9 Å². The molecule has 0 amide bonds. The SMILES string of the molecule is CN(C)C[C@H]1CCCC[C@]1(O)Cc1ccc(Cl)cc1F. The van der Waals surface area contributed by atoms with Gasteiger partial charge in [0.15, 0.2) is 0 Å². The zero-order valence-corrected chi connectivity index (χ0v) is 13.0. The normalized spacial score (nSPS) is 27.0. The third-order valence-corrected chi connectivity index (χ3v) is 4.50. The van der Waals surface area contributed by atoms with E-state index < -0.39 is 5.60 Å². The monoisotopic (exact) mass is 299 g/mol. The van der Waals surface area contributed by atoms with Crippen molar-refractivity contribution in [3.63, 3.8) is 0 Å². The second-order valence-electron chi connectivity index (χ2n) is 6.22. The topological polar surface area (TPSA) is 23.5 Å². The van der Waals surface area contributed by atoms with Gasteiger partial charge in [0.05, 0.1) is 5.60 Å². The Morgan fingerprint density at radius 1 is 1.40 bits per heavy atom. The van der Waals surface area contributed by atoms with Crippen LogP contribution in [0.2, 0.25) is 5.02 Å². The molecule has 0 radical (unpaired) electrons. The predicted octanol–water partition coefficient (Wildman–Crippen LogP) is 3.50. The summed E-state index contributed by atoms with van der Waals surface area (Å²) in [5.74, 6) is -0.124. The molecule has 1 fully saturated rings. The Morgan fingerprint density at radius 3 is 2.80 bits per heavy atom. The average molecular weight is 300 g/mol. The quantitative estimate of drug-likeness (QED) is 0.920. The Balaban J connectivity index is 2.18. The first-order valence-electron chi connectivity index (χ1n) is 7.22. The molecular formula is C16H23ClFNO. The molecule has 1 aromatic carbocycles. The first kappa shape index (κ1) is 15.7. The van der Waals surface area contributed by atoms with Crippen LogP contribution in [-0.4, -0.2) is 36.2 Å². The number of halogens is 2. The van der Waals surface area contributed by atoms with Gasteiger partial charge in [-0.3, -0.25) is 0 Å². The molecule has 0 saturated heterocycles. The zero-order valence-electron chi connectivity index (χ0n) is 12.2. The second kappa shape index (κ2) is 6.42. The van der Waals surface area contributed by atoms with E-state index in [9.17, 15) is 9.50 Å². The lowest BCUT2D eigenvalue weighted by Gasteiger charge is -2.41. The molecule has 4 heteroatoms. The van der Waals surface area contributed by atoms with Gasteiger partial charge in [-0.2, -0.15) is 0 Å². The summed E-state index contributed by atoms with van der Waals surface area (Å²) < 4.78 is 14.0. The number of hydrogen-bond donors (Lipinski definition) is 1. The lowest BCUT2D eigenvalue weighted by Crippen LogP contribution is -2.47. The molecule has 1 N–H and O–H groups in total. The van der Waals surface area contributed by atoms with E-state index in [2.05, 4.69) is 4.90 Å². The summed E-state index contributed by atoms with van der Waals surface area (Å²) in [6.07, 6.45) is 4.27. The van der Waals surface area contributed by atoms with E-state index in [-0.39, 0.29) is 11.7 Å². The van der Waals surface area contributed by atoms with Crippen LogP contribution in [0, 0.1) is 11.7 Å². The van der Waals surface area contributed by atoms with E-state index in [1.54, 1.807) is 12.1 Å². The van der Waals surface area contributed by atoms with Crippen LogP contribution in [0.5, 0.6) is 0 Å². The standard InChI is InChI=1S/C16H23ClFNO/c1-19(2)11-13-5-3-4-8-16(13,20)10-12-6-7-14(17)9-15(12)18/h6-7,9,13,20H,3-5,8,10-11H2,1-2H3/t13-,16+/m1/s1. The molecule has 1 aliphatic carbocycles. The van der Waals surface area contributed by atoms with Crippen molar-refractivity contribution in [1.82, 2.24) is 4.90 Å². The maximum atomic E-state index is 14.0. The molecule has 0 unspecified atom stereocenters. The molecular weight excluding hydrogens is 277 g/mol. The van der Waals surface area contributed by atoms with Crippen LogP contribution in [0.1, 0.15) is 31.2 Å². The Bertz CT molecular complexity index is 466. The fraction of sp³-hybridized carbons (Fsp3) is 0.625. The molecule has 1 aromatic rings. The number of benzene rings is 1. The van der Waals surface area contributed by atoms with Crippen molar-refractivity contribution in [3.8, 4) is 0 Å². The summed E-state index contributed by atoms with van der Waals surface area (Å²) in [5, 5.41) is 11.4. The smallest absolute Gasteiger partial charge is 0.127 e. The van der Waals surface area contributed by atoms with Crippen molar-refractivity contribution in [2.75, 3.05) is 20.6 Å². The first-order valence-corrected chi connectivity index (χ1v) is 7.59. The van der Waals surface area contributed by atoms with E-state index >= 15 is 0 Å². The van der Waals surface area contributed by atoms with Gasteiger partial charge in [0.2, 0.25) is 0 Å². The number of hydrogen-bond acceptors (Lipinski definition) is 2. The molecule has 2 rings (SSSR count). The average Bonchev–Trinajstić information content (AvgIpc) is 2.35. The first-order chi connectivity index (χ1) is 9.40. The second-order valence-corrected chi connectivity index (χ2v) is 6.66. The van der Waals surface area contributed by atoms with Crippen LogP contribution in [0.3, 0.4) is 0 Å². The van der Waals surface area contributed by atoms with Crippen molar-refractivity contribution in [3.05, 3.63) is 34.6 Å². The molecule has 1 aliphatic rings. The minimum absolute atomic E-state index is 0.196. The van der Waals surface area contributed by atoms with Crippen LogP contribution in [0.4, 0.5) is 4.39 Å². The van der Waals surface area contributed by atoms with E-state index in [1.165, 1.54) is 6.07 Å². The molecule has 0 aliphatic heterocycles. The lowest BCUT2D eigenvalue weighted by molar-refractivity contribution is -0.0558. The number of nitrogens with zero attached hydrogens (tertiary/aromatic N) is 1. The molecule has 2 atom stereocenters. The highest BCUT2D eigenvalue weighted by molar-refractivity contribution is 6.30. The van der Waals surface area contributed by atoms with Gasteiger partial charge >= 0.3 is 0 Å². The lowest BCUT2D eigenvalue weighted by atomic mass is 9.72. The van der Waals surface area contributed by atoms with E-state index in [0.717, 1.165) is 32.2 Å². The maximum absolute atomic E-state index is 14.0. The summed E-state index contributed by atoms with van der Waals surface area (Å²) in [4.78, 5) is 2.10. The third kappa shape index (κ3) is 3.72. The van der Waals surface area contributed by atoms with E-state index in [4.69, 9.17) is 11.6 Å². The van der Waals surface area contributed by atoms with Gasteiger partial charge in [-0.1, -0.05) is 30.5 Å². The summed E-state index contributed by atoms with van der Waals surface area (Å²) >= 11 is 5.78. The Kier molecular flexibility index (Phi) is 5.05. The van der Waals surface area contributed by atoms with Crippen molar-refractivity contribution in [2.24, 2.45) is 5.92 Å². The minimum atomic E-state index is -0.808. The highest BCUT2D eigenvalue weighted by Gasteiger charge is 2.39. The zero-order chi connectivity index (χ0) is 14.8. The van der Waals surface area contributed by atoms with E-state index in [1.807, 2.05) is 14.1 Å². The van der Waals surface area contributed by atoms with Crippen LogP contribution >= 0.6 is 11.6 Å². The largest absolute Gasteiger partial charge is 0.389 e. The fourth-order valence-corrected chi connectivity index (χ4v) is 3.38. The summed E-state index contributed by atoms with van der Waals surface area (Å²) in [7, 11) is 4.02.